The molecule has 0 saturated carbocycles. The lowest BCUT2D eigenvalue weighted by atomic mass is 10.0. The zero-order valence-corrected chi connectivity index (χ0v) is 16.4. The van der Waals surface area contributed by atoms with E-state index in [2.05, 4.69) is 32.3 Å². The maximum Gasteiger partial charge on any atom is 0.224 e. The van der Waals surface area contributed by atoms with E-state index in [9.17, 15) is 0 Å². The van der Waals surface area contributed by atoms with Crippen LogP contribution in [0.5, 0.6) is 5.75 Å². The standard InChI is InChI=1S/C21H21N7O/c1-27(2)21-23-10-15(11-24-21)17-12-22-19(28-13-25-26-20(17)28)7-6-14-4-3-5-18-16(14)8-9-29-18/h3-5,10-13H,6-9H2,1-2H3. The van der Waals surface area contributed by atoms with Gasteiger partial charge >= 0.3 is 0 Å². The third-order valence-electron chi connectivity index (χ3n) is 5.22. The van der Waals surface area contributed by atoms with Crippen molar-refractivity contribution in [1.29, 1.82) is 0 Å². The first kappa shape index (κ1) is 17.5. The fraction of sp³-hybridized carbons (Fsp3) is 0.286. The Kier molecular flexibility index (Phi) is 4.31. The predicted octanol–water partition coefficient (Wildman–Crippen LogP) is 2.37. The average Bonchev–Trinajstić information content (AvgIpc) is 3.42. The molecule has 0 saturated heterocycles. The summed E-state index contributed by atoms with van der Waals surface area (Å²) in [6, 6.07) is 6.27. The number of ether oxygens (including phenoxy) is 1. The van der Waals surface area contributed by atoms with Crippen LogP contribution in [0.4, 0.5) is 5.95 Å². The molecule has 4 aromatic rings. The SMILES string of the molecule is CN(C)c1ncc(-c2cnc(CCc3cccc4c3CCO4)n3cnnc23)cn1. The maximum atomic E-state index is 5.68. The molecule has 1 aromatic carbocycles. The van der Waals surface area contributed by atoms with E-state index in [0.29, 0.717) is 5.95 Å². The average molecular weight is 387 g/mol. The number of hydrogen-bond acceptors (Lipinski definition) is 7. The van der Waals surface area contributed by atoms with Gasteiger partial charge in [0.15, 0.2) is 5.65 Å². The summed E-state index contributed by atoms with van der Waals surface area (Å²) in [7, 11) is 3.83. The number of rotatable bonds is 5. The molecule has 0 spiro atoms. The van der Waals surface area contributed by atoms with E-state index in [4.69, 9.17) is 9.72 Å². The first-order valence-corrected chi connectivity index (χ1v) is 9.61. The van der Waals surface area contributed by atoms with Crippen molar-refractivity contribution in [2.75, 3.05) is 25.6 Å². The van der Waals surface area contributed by atoms with E-state index in [1.807, 2.05) is 35.7 Å². The first-order valence-electron chi connectivity index (χ1n) is 9.61. The van der Waals surface area contributed by atoms with Gasteiger partial charge in [0.05, 0.1) is 6.61 Å². The van der Waals surface area contributed by atoms with Crippen LogP contribution in [-0.2, 0) is 19.3 Å². The third-order valence-corrected chi connectivity index (χ3v) is 5.22. The summed E-state index contributed by atoms with van der Waals surface area (Å²) in [6.07, 6.45) is 9.81. The second-order valence-electron chi connectivity index (χ2n) is 7.27. The fourth-order valence-electron chi connectivity index (χ4n) is 3.72. The van der Waals surface area contributed by atoms with Gasteiger partial charge in [-0.05, 0) is 18.1 Å². The molecule has 3 aromatic heterocycles. The minimum atomic E-state index is 0.662. The zero-order valence-electron chi connectivity index (χ0n) is 16.4. The number of anilines is 1. The molecule has 1 aliphatic rings. The molecule has 8 heteroatoms. The Labute approximate surface area is 168 Å². The number of aromatic nitrogens is 6. The molecule has 1 aliphatic heterocycles. The Balaban J connectivity index is 1.44. The van der Waals surface area contributed by atoms with Crippen LogP contribution >= 0.6 is 0 Å². The van der Waals surface area contributed by atoms with Crippen molar-refractivity contribution >= 4 is 11.6 Å². The number of benzene rings is 1. The molecular formula is C21H21N7O. The van der Waals surface area contributed by atoms with Gasteiger partial charge in [-0.3, -0.25) is 4.40 Å². The summed E-state index contributed by atoms with van der Waals surface area (Å²) >= 11 is 0. The van der Waals surface area contributed by atoms with E-state index in [-0.39, 0.29) is 0 Å². The Morgan fingerprint density at radius 3 is 2.76 bits per heavy atom. The van der Waals surface area contributed by atoms with Crippen LogP contribution in [0, 0.1) is 0 Å². The van der Waals surface area contributed by atoms with E-state index < -0.39 is 0 Å². The largest absolute Gasteiger partial charge is 0.493 e. The predicted molar refractivity (Wildman–Crippen MR) is 109 cm³/mol. The van der Waals surface area contributed by atoms with Crippen molar-refractivity contribution in [2.24, 2.45) is 0 Å². The molecule has 0 unspecified atom stereocenters. The number of nitrogens with zero attached hydrogens (tertiary/aromatic N) is 7. The molecule has 0 radical (unpaired) electrons. The van der Waals surface area contributed by atoms with Gasteiger partial charge in [0.2, 0.25) is 5.95 Å². The summed E-state index contributed by atoms with van der Waals surface area (Å²) in [5.74, 6) is 2.60. The van der Waals surface area contributed by atoms with Gasteiger partial charge in [-0.2, -0.15) is 0 Å². The summed E-state index contributed by atoms with van der Waals surface area (Å²) in [4.78, 5) is 15.4. The molecule has 0 aliphatic carbocycles. The lowest BCUT2D eigenvalue weighted by molar-refractivity contribution is 0.357. The van der Waals surface area contributed by atoms with E-state index in [1.54, 1.807) is 18.7 Å². The van der Waals surface area contributed by atoms with E-state index >= 15 is 0 Å². The second kappa shape index (κ2) is 7.12. The van der Waals surface area contributed by atoms with Gasteiger partial charge in [-0.25, -0.2) is 15.0 Å². The van der Waals surface area contributed by atoms with E-state index in [1.165, 1.54) is 11.1 Å². The number of aryl methyl sites for hydroxylation is 2. The number of hydrogen-bond donors (Lipinski definition) is 0. The number of fused-ring (bicyclic) bond motifs is 2. The van der Waals surface area contributed by atoms with Gasteiger partial charge in [-0.15, -0.1) is 10.2 Å². The zero-order chi connectivity index (χ0) is 19.8. The Morgan fingerprint density at radius 1 is 1.07 bits per heavy atom. The van der Waals surface area contributed by atoms with Gasteiger partial charge in [0.25, 0.3) is 0 Å². The van der Waals surface area contributed by atoms with Crippen molar-refractivity contribution in [1.82, 2.24) is 29.5 Å². The highest BCUT2D eigenvalue weighted by Gasteiger charge is 2.17. The fourth-order valence-corrected chi connectivity index (χ4v) is 3.72. The molecule has 8 nitrogen and oxygen atoms in total. The lowest BCUT2D eigenvalue weighted by Crippen LogP contribution is -2.12. The van der Waals surface area contributed by atoms with Gasteiger partial charge in [0.1, 0.15) is 17.9 Å². The first-order chi connectivity index (χ1) is 14.2. The van der Waals surface area contributed by atoms with Gasteiger partial charge < -0.3 is 9.64 Å². The third kappa shape index (κ3) is 3.16. The van der Waals surface area contributed by atoms with Crippen molar-refractivity contribution in [3.05, 3.63) is 60.1 Å². The maximum absolute atomic E-state index is 5.68. The lowest BCUT2D eigenvalue weighted by Gasteiger charge is -2.11. The molecule has 4 heterocycles. The van der Waals surface area contributed by atoms with Crippen LogP contribution in [-0.4, -0.2) is 50.3 Å². The topological polar surface area (TPSA) is 81.3 Å². The molecule has 0 amide bonds. The van der Waals surface area contributed by atoms with Crippen LogP contribution in [0.15, 0.2) is 43.1 Å². The highest BCUT2D eigenvalue weighted by Crippen LogP contribution is 2.29. The minimum Gasteiger partial charge on any atom is -0.493 e. The monoisotopic (exact) mass is 387 g/mol. The smallest absolute Gasteiger partial charge is 0.224 e. The quantitative estimate of drug-likeness (QED) is 0.520. The van der Waals surface area contributed by atoms with Crippen molar-refractivity contribution < 1.29 is 4.74 Å². The summed E-state index contributed by atoms with van der Waals surface area (Å²) in [6.45, 7) is 0.768. The van der Waals surface area contributed by atoms with Crippen LogP contribution < -0.4 is 9.64 Å². The Morgan fingerprint density at radius 2 is 1.93 bits per heavy atom. The summed E-state index contributed by atoms with van der Waals surface area (Å²) in [5.41, 5.74) is 5.14. The molecule has 0 fully saturated rings. The molecule has 5 rings (SSSR count). The van der Waals surface area contributed by atoms with Gasteiger partial charge in [0, 0.05) is 62.2 Å². The van der Waals surface area contributed by atoms with Gasteiger partial charge in [-0.1, -0.05) is 12.1 Å². The van der Waals surface area contributed by atoms with Crippen molar-refractivity contribution in [3.63, 3.8) is 0 Å². The van der Waals surface area contributed by atoms with Crippen LogP contribution in [0.3, 0.4) is 0 Å². The molecule has 0 N–H and O–H groups in total. The second-order valence-corrected chi connectivity index (χ2v) is 7.27. The molecule has 29 heavy (non-hydrogen) atoms. The summed E-state index contributed by atoms with van der Waals surface area (Å²) < 4.78 is 7.63. The van der Waals surface area contributed by atoms with Crippen LogP contribution in [0.2, 0.25) is 0 Å². The normalized spacial score (nSPS) is 12.8. The van der Waals surface area contributed by atoms with E-state index in [0.717, 1.165) is 54.2 Å². The summed E-state index contributed by atoms with van der Waals surface area (Å²) in [5, 5.41) is 8.42. The van der Waals surface area contributed by atoms with Crippen LogP contribution in [0.25, 0.3) is 16.8 Å². The molecular weight excluding hydrogens is 366 g/mol. The van der Waals surface area contributed by atoms with Crippen LogP contribution in [0.1, 0.15) is 17.0 Å². The Hall–Kier alpha value is -3.55. The molecule has 146 valence electrons. The van der Waals surface area contributed by atoms with Crippen molar-refractivity contribution in [3.8, 4) is 16.9 Å². The highest BCUT2D eigenvalue weighted by atomic mass is 16.5. The Bertz CT molecular complexity index is 1170. The molecule has 0 bridgehead atoms. The molecule has 0 atom stereocenters. The van der Waals surface area contributed by atoms with Crippen molar-refractivity contribution in [2.45, 2.75) is 19.3 Å². The minimum absolute atomic E-state index is 0.662. The highest BCUT2D eigenvalue weighted by molar-refractivity contribution is 5.75.